The molecule has 39 heavy (non-hydrogen) atoms. The zero-order valence-corrected chi connectivity index (χ0v) is 22.5. The summed E-state index contributed by atoms with van der Waals surface area (Å²) in [7, 11) is -2.13. The maximum atomic E-state index is 13.5. The van der Waals surface area contributed by atoms with E-state index in [9.17, 15) is 8.42 Å². The molecule has 0 saturated heterocycles. The molecular weight excluding hydrogens is 506 g/mol. The second-order valence-electron chi connectivity index (χ2n) is 9.88. The van der Waals surface area contributed by atoms with Crippen LogP contribution in [0, 0.1) is 13.8 Å². The number of sulfonamides is 1. The van der Waals surface area contributed by atoms with Gasteiger partial charge in [0.15, 0.2) is 0 Å². The SMILES string of the molecule is Cc1cc2nc(-c3ccc(-n4nc5c(c4-c4ccccc4)N(C)S(=O)(=O)c4ccccc4-5)cc3)[nH]c2cc1C. The van der Waals surface area contributed by atoms with Gasteiger partial charge in [-0.15, -0.1) is 0 Å². The molecule has 192 valence electrons. The fraction of sp³-hybridized carbons (Fsp3) is 0.0968. The second kappa shape index (κ2) is 8.41. The van der Waals surface area contributed by atoms with Crippen molar-refractivity contribution in [1.82, 2.24) is 19.7 Å². The number of rotatable bonds is 3. The summed E-state index contributed by atoms with van der Waals surface area (Å²) in [5.41, 5.74) is 9.53. The van der Waals surface area contributed by atoms with E-state index in [0.29, 0.717) is 22.6 Å². The van der Waals surface area contributed by atoms with Crippen LogP contribution in [0.1, 0.15) is 11.1 Å². The van der Waals surface area contributed by atoms with Gasteiger partial charge < -0.3 is 4.98 Å². The average Bonchev–Trinajstić information content (AvgIpc) is 3.55. The van der Waals surface area contributed by atoms with Crippen LogP contribution in [0.5, 0.6) is 0 Å². The van der Waals surface area contributed by atoms with Crippen molar-refractivity contribution in [2.75, 3.05) is 11.4 Å². The molecule has 6 aromatic rings. The van der Waals surface area contributed by atoms with Crippen molar-refractivity contribution in [3.63, 3.8) is 0 Å². The lowest BCUT2D eigenvalue weighted by molar-refractivity contribution is 0.594. The molecule has 0 aliphatic carbocycles. The molecule has 7 nitrogen and oxygen atoms in total. The maximum Gasteiger partial charge on any atom is 0.264 e. The molecule has 2 aromatic heterocycles. The molecule has 7 rings (SSSR count). The predicted octanol–water partition coefficient (Wildman–Crippen LogP) is 6.50. The summed E-state index contributed by atoms with van der Waals surface area (Å²) in [6, 6.07) is 29.0. The van der Waals surface area contributed by atoms with Crippen molar-refractivity contribution in [2.24, 2.45) is 0 Å². The molecule has 0 unspecified atom stereocenters. The summed E-state index contributed by atoms with van der Waals surface area (Å²) in [5, 5.41) is 5.00. The fourth-order valence-corrected chi connectivity index (χ4v) is 6.65. The highest BCUT2D eigenvalue weighted by Crippen LogP contribution is 2.47. The summed E-state index contributed by atoms with van der Waals surface area (Å²) >= 11 is 0. The van der Waals surface area contributed by atoms with Crippen molar-refractivity contribution in [1.29, 1.82) is 0 Å². The molecule has 3 heterocycles. The minimum Gasteiger partial charge on any atom is -0.338 e. The van der Waals surface area contributed by atoms with E-state index in [4.69, 9.17) is 10.1 Å². The minimum atomic E-state index is -3.73. The molecule has 0 atom stereocenters. The second-order valence-corrected chi connectivity index (χ2v) is 11.8. The van der Waals surface area contributed by atoms with Gasteiger partial charge in [0.1, 0.15) is 17.2 Å². The normalized spacial score (nSPS) is 13.9. The molecule has 0 spiro atoms. The summed E-state index contributed by atoms with van der Waals surface area (Å²) in [5.74, 6) is 0.796. The van der Waals surface area contributed by atoms with E-state index in [1.807, 2.05) is 71.4 Å². The number of benzene rings is 4. The molecule has 0 bridgehead atoms. The van der Waals surface area contributed by atoms with Gasteiger partial charge >= 0.3 is 0 Å². The number of nitrogens with zero attached hydrogens (tertiary/aromatic N) is 4. The van der Waals surface area contributed by atoms with Gasteiger partial charge in [0, 0.05) is 23.7 Å². The monoisotopic (exact) mass is 531 g/mol. The highest BCUT2D eigenvalue weighted by atomic mass is 32.2. The van der Waals surface area contributed by atoms with Crippen LogP contribution in [0.25, 0.3) is 50.6 Å². The number of hydrogen-bond donors (Lipinski definition) is 1. The Morgan fingerprint density at radius 1 is 0.795 bits per heavy atom. The van der Waals surface area contributed by atoms with E-state index >= 15 is 0 Å². The Labute approximate surface area is 226 Å². The molecule has 0 fully saturated rings. The minimum absolute atomic E-state index is 0.259. The number of hydrogen-bond acceptors (Lipinski definition) is 4. The zero-order valence-electron chi connectivity index (χ0n) is 21.7. The molecular formula is C31H25N5O2S. The molecule has 0 saturated carbocycles. The third-order valence-electron chi connectivity index (χ3n) is 7.49. The highest BCUT2D eigenvalue weighted by Gasteiger charge is 2.38. The van der Waals surface area contributed by atoms with E-state index in [-0.39, 0.29) is 4.90 Å². The number of nitrogens with one attached hydrogen (secondary N) is 1. The van der Waals surface area contributed by atoms with Crippen LogP contribution >= 0.6 is 0 Å². The Kier molecular flexibility index (Phi) is 5.05. The largest absolute Gasteiger partial charge is 0.338 e. The van der Waals surface area contributed by atoms with Crippen molar-refractivity contribution < 1.29 is 8.42 Å². The molecule has 1 aliphatic rings. The molecule has 0 radical (unpaired) electrons. The Morgan fingerprint density at radius 3 is 2.26 bits per heavy atom. The standard InChI is InChI=1S/C31H25N5O2S/c1-19-17-25-26(18-20(19)2)33-31(32-25)22-13-15-23(16-14-22)36-29(21-9-5-4-6-10-21)30-28(34-36)24-11-7-8-12-27(24)39(37,38)35(30)3/h4-18H,1-3H3,(H,32,33). The summed E-state index contributed by atoms with van der Waals surface area (Å²) in [6.45, 7) is 4.19. The molecule has 1 N–H and O–H groups in total. The molecule has 0 amide bonds. The van der Waals surface area contributed by atoms with E-state index in [1.54, 1.807) is 19.2 Å². The van der Waals surface area contributed by atoms with Crippen LogP contribution in [-0.2, 0) is 10.0 Å². The zero-order chi connectivity index (χ0) is 26.9. The predicted molar refractivity (Wildman–Crippen MR) is 155 cm³/mol. The quantitative estimate of drug-likeness (QED) is 0.282. The first-order valence-electron chi connectivity index (χ1n) is 12.7. The lowest BCUT2D eigenvalue weighted by Crippen LogP contribution is -2.30. The van der Waals surface area contributed by atoms with Gasteiger partial charge in [-0.3, -0.25) is 4.31 Å². The van der Waals surface area contributed by atoms with Crippen molar-refractivity contribution in [3.05, 3.63) is 102 Å². The Hall–Kier alpha value is -4.69. The summed E-state index contributed by atoms with van der Waals surface area (Å²) in [6.07, 6.45) is 0. The van der Waals surface area contributed by atoms with Crippen molar-refractivity contribution in [2.45, 2.75) is 18.7 Å². The van der Waals surface area contributed by atoms with Gasteiger partial charge in [0.25, 0.3) is 10.0 Å². The lowest BCUT2D eigenvalue weighted by Gasteiger charge is -2.26. The number of aryl methyl sites for hydroxylation is 2. The smallest absolute Gasteiger partial charge is 0.264 e. The average molecular weight is 532 g/mol. The number of fused-ring (bicyclic) bond motifs is 4. The van der Waals surface area contributed by atoms with E-state index in [1.165, 1.54) is 15.4 Å². The van der Waals surface area contributed by atoms with Crippen LogP contribution in [0.2, 0.25) is 0 Å². The third-order valence-corrected chi connectivity index (χ3v) is 9.30. The number of aromatic amines is 1. The number of anilines is 1. The molecule has 1 aliphatic heterocycles. The number of imidazole rings is 1. The summed E-state index contributed by atoms with van der Waals surface area (Å²) < 4.78 is 30.2. The van der Waals surface area contributed by atoms with Gasteiger partial charge in [0.05, 0.1) is 27.3 Å². The van der Waals surface area contributed by atoms with Gasteiger partial charge in [-0.2, -0.15) is 5.10 Å². The topological polar surface area (TPSA) is 83.9 Å². The number of aromatic nitrogens is 4. The van der Waals surface area contributed by atoms with Crippen molar-refractivity contribution >= 4 is 26.7 Å². The summed E-state index contributed by atoms with van der Waals surface area (Å²) in [4.78, 5) is 8.50. The van der Waals surface area contributed by atoms with Crippen LogP contribution in [0.3, 0.4) is 0 Å². The molecule has 8 heteroatoms. The number of H-pyrrole nitrogens is 1. The van der Waals surface area contributed by atoms with E-state index < -0.39 is 10.0 Å². The van der Waals surface area contributed by atoms with Gasteiger partial charge in [0.2, 0.25) is 0 Å². The third kappa shape index (κ3) is 3.52. The van der Waals surface area contributed by atoms with Gasteiger partial charge in [-0.1, -0.05) is 48.5 Å². The van der Waals surface area contributed by atoms with Gasteiger partial charge in [-0.25, -0.2) is 18.1 Å². The Balaban J connectivity index is 1.41. The molecule has 4 aromatic carbocycles. The Morgan fingerprint density at radius 2 is 1.49 bits per heavy atom. The first kappa shape index (κ1) is 23.4. The van der Waals surface area contributed by atoms with Gasteiger partial charge in [-0.05, 0) is 67.4 Å². The van der Waals surface area contributed by atoms with Crippen LogP contribution in [-0.4, -0.2) is 35.2 Å². The van der Waals surface area contributed by atoms with E-state index in [0.717, 1.165) is 33.7 Å². The Bertz CT molecular complexity index is 1970. The lowest BCUT2D eigenvalue weighted by atomic mass is 10.1. The highest BCUT2D eigenvalue weighted by molar-refractivity contribution is 7.93. The van der Waals surface area contributed by atoms with Crippen molar-refractivity contribution in [3.8, 4) is 39.6 Å². The first-order valence-corrected chi connectivity index (χ1v) is 14.1. The van der Waals surface area contributed by atoms with Crippen LogP contribution in [0.4, 0.5) is 5.69 Å². The first-order chi connectivity index (χ1) is 18.8. The fourth-order valence-electron chi connectivity index (χ4n) is 5.25. The van der Waals surface area contributed by atoms with Crippen LogP contribution in [0.15, 0.2) is 95.9 Å². The van der Waals surface area contributed by atoms with E-state index in [2.05, 4.69) is 31.0 Å². The van der Waals surface area contributed by atoms with Crippen LogP contribution < -0.4 is 4.31 Å². The maximum absolute atomic E-state index is 13.5.